The number of rotatable bonds is 12. The Morgan fingerprint density at radius 3 is 0.554 bits per heavy atom. The van der Waals surface area contributed by atoms with E-state index in [-0.39, 0.29) is 0 Å². The van der Waals surface area contributed by atoms with Crippen molar-refractivity contribution in [1.82, 2.24) is 0 Å². The Hall–Kier alpha value is 0. The van der Waals surface area contributed by atoms with Crippen molar-refractivity contribution >= 4 is 0 Å². The van der Waals surface area contributed by atoms with Crippen molar-refractivity contribution in [3.8, 4) is 0 Å². The minimum absolute atomic E-state index is 0.511. The minimum atomic E-state index is 0.511. The van der Waals surface area contributed by atoms with Crippen LogP contribution in [0.2, 0.25) is 0 Å². The van der Waals surface area contributed by atoms with Crippen LogP contribution < -0.4 is 0 Å². The molecule has 0 radical (unpaired) electrons. The summed E-state index contributed by atoms with van der Waals surface area (Å²) in [6, 6.07) is 0. The van der Waals surface area contributed by atoms with E-state index in [0.717, 1.165) is 236 Å². The largest absolute Gasteiger partial charge is 0.0651 e. The zero-order chi connectivity index (χ0) is 108. The highest BCUT2D eigenvalue weighted by atomic mass is 14.6. The first-order valence-corrected chi connectivity index (χ1v) is 70.0. The van der Waals surface area contributed by atoms with Gasteiger partial charge in [0.2, 0.25) is 0 Å². The van der Waals surface area contributed by atoms with Crippen LogP contribution in [0.3, 0.4) is 0 Å². The molecule has 34 unspecified atom stereocenters. The highest BCUT2D eigenvalue weighted by Gasteiger charge is 2.59. The molecule has 0 aromatic carbocycles. The SMILES string of the molecule is CC(C)C1C(C)C1C(C)C.CC12CCCC1C2.CC12CCCCC1C2.CC1C(C(C)(C)C)C1C(C)(C)C.CC1C(C)C1C.CC1C2CCCC12.CC1C2CCCCC12.CC1CC1C(C)(C)C.CC1CC1C1CC1.CC1CC1C1CC1.CC1CC1C1CCC1.CC1CC1C1CCC1.CC1CC1C1CCCC1.CC1CC1C1CCCC1.CC1CC1C1CCCCC1.CC1CC1C1CCCCC1.CC1CCC1C.CCC1C(C)C1CC. The maximum atomic E-state index is 2.46. The first kappa shape index (κ1) is 125. The van der Waals surface area contributed by atoms with E-state index in [2.05, 4.69) is 249 Å². The van der Waals surface area contributed by atoms with Gasteiger partial charge >= 0.3 is 0 Å². The molecular weight excluding hydrogens is 1780 g/mol. The van der Waals surface area contributed by atoms with Crippen LogP contribution >= 0.6 is 0 Å². The fourth-order valence-electron chi connectivity index (χ4n) is 36.5. The van der Waals surface area contributed by atoms with Crippen molar-refractivity contribution in [1.29, 1.82) is 0 Å². The van der Waals surface area contributed by atoms with Crippen LogP contribution in [0.4, 0.5) is 0 Å². The van der Waals surface area contributed by atoms with Crippen LogP contribution in [0.15, 0.2) is 0 Å². The van der Waals surface area contributed by atoms with Crippen LogP contribution in [0.1, 0.15) is 615 Å². The second kappa shape index (κ2) is 55.8. The van der Waals surface area contributed by atoms with E-state index in [9.17, 15) is 0 Å². The van der Waals surface area contributed by atoms with Crippen molar-refractivity contribution in [2.75, 3.05) is 0 Å². The standard InChI is InChI=1S/C12H24.2C10H18.C10H20.2C9H16.4C8H14.2C8H16.4C7H12.2C6H12/c1-8-9(11(2,3)4)10(8)12(5,6)7;2*1-8-7-10(8)9-5-3-2-4-6-9;1-6(2)9-8(5)10(9)7(3)4;2*1-7-6-9(7)8-4-2-3-5-8;2*1-6-5-8(6)7-3-2-4-7;1-8-5-3-2-4-7(8)6-8;1-6-7-4-2-3-5-8(6)7;1-6-5-7(6)8(2,3)4;1-4-7-6(3)8(7)5-2;2*1-5-4-7(5)6-2-3-6;1-7-4-2-3-6(7)5-7;1-5-6-3-2-4-7(5)6;1-5-3-4-6(5)2;1-4-5(2)6(4)3/h8-10H,1-7H3;2*8-10H,2-7H2,1H3;6-10H,1-5H3;2*7-9H,2-6H2,1H3;2*6-8H,2-5H2,1H3;7H,2-6H2,1H3;6-8H,2-5H2,1H3;6-7H,5H2,1-4H3;6-8H,4-5H2,1-3H3;2*5-7H,2-4H2,1H3;6H,2-5H2,1H3;5-7H,2-4H2,1H3;5-6H,3-4H2,1-2H3;4-6H,1-3H3. The van der Waals surface area contributed by atoms with E-state index >= 15 is 0 Å². The van der Waals surface area contributed by atoms with Gasteiger partial charge in [-0.15, -0.1) is 0 Å². The fraction of sp³-hybridized carbons (Fsp3) is 1.00. The second-order valence-electron chi connectivity index (χ2n) is 67.2. The molecule has 34 atom stereocenters. The van der Waals surface area contributed by atoms with Gasteiger partial charge in [-0.1, -0.05) is 468 Å². The molecule has 148 heavy (non-hydrogen) atoms. The highest BCUT2D eigenvalue weighted by molar-refractivity contribution is 5.08. The Kier molecular flexibility index (Phi) is 47.1. The lowest BCUT2D eigenvalue weighted by atomic mass is 9.77. The summed E-state index contributed by atoms with van der Waals surface area (Å²) in [7, 11) is 0. The maximum absolute atomic E-state index is 2.46. The minimum Gasteiger partial charge on any atom is -0.0651 e. The second-order valence-corrected chi connectivity index (χ2v) is 67.2. The van der Waals surface area contributed by atoms with E-state index in [1.165, 1.54) is 244 Å². The van der Waals surface area contributed by atoms with Gasteiger partial charge in [0.1, 0.15) is 0 Å². The third-order valence-corrected chi connectivity index (χ3v) is 51.5. The average Bonchev–Trinajstić information content (AvgIpc) is 1.56. The van der Waals surface area contributed by atoms with Gasteiger partial charge in [-0.25, -0.2) is 0 Å². The number of hydrogen-bond donors (Lipinski definition) is 0. The van der Waals surface area contributed by atoms with Crippen LogP contribution in [-0.4, -0.2) is 0 Å². The normalized spacial score (nSPS) is 45.9. The molecule has 30 saturated carbocycles. The van der Waals surface area contributed by atoms with Crippen molar-refractivity contribution in [2.24, 2.45) is 323 Å². The zero-order valence-electron chi connectivity index (χ0n) is 108. The predicted molar refractivity (Wildman–Crippen MR) is 654 cm³/mol. The molecule has 30 aliphatic carbocycles. The number of hydrogen-bond acceptors (Lipinski definition) is 0. The van der Waals surface area contributed by atoms with Crippen molar-refractivity contribution < 1.29 is 0 Å². The molecule has 864 valence electrons. The lowest BCUT2D eigenvalue weighted by molar-refractivity contribution is 0.219. The van der Waals surface area contributed by atoms with Gasteiger partial charge in [0.25, 0.3) is 0 Å². The lowest BCUT2D eigenvalue weighted by Gasteiger charge is -2.29. The quantitative estimate of drug-likeness (QED) is 0.183. The zero-order valence-corrected chi connectivity index (χ0v) is 108. The van der Waals surface area contributed by atoms with Crippen LogP contribution in [0.5, 0.6) is 0 Å². The van der Waals surface area contributed by atoms with E-state index < -0.39 is 0 Å². The first-order chi connectivity index (χ1) is 70.0. The van der Waals surface area contributed by atoms with Gasteiger partial charge in [0.05, 0.1) is 0 Å². The van der Waals surface area contributed by atoms with Crippen LogP contribution in [0.25, 0.3) is 0 Å². The van der Waals surface area contributed by atoms with Crippen molar-refractivity contribution in [3.05, 3.63) is 0 Å². The van der Waals surface area contributed by atoms with Gasteiger partial charge in [-0.3, -0.25) is 0 Å². The molecule has 0 bridgehead atoms. The van der Waals surface area contributed by atoms with E-state index in [1.54, 1.807) is 193 Å². The molecule has 0 heterocycles. The highest BCUT2D eigenvalue weighted by Crippen LogP contribution is 2.67. The van der Waals surface area contributed by atoms with E-state index in [1.807, 2.05) is 0 Å². The van der Waals surface area contributed by atoms with Crippen molar-refractivity contribution in [2.45, 2.75) is 615 Å². The Morgan fingerprint density at radius 2 is 0.426 bits per heavy atom. The van der Waals surface area contributed by atoms with Crippen LogP contribution in [0, 0.1) is 323 Å². The molecule has 0 spiro atoms. The van der Waals surface area contributed by atoms with Gasteiger partial charge in [-0.05, 0) is 471 Å². The Balaban J connectivity index is 0.000000131. The molecule has 30 aliphatic rings. The molecule has 0 aliphatic heterocycles. The smallest absolute Gasteiger partial charge is 0.0294 e. The summed E-state index contributed by atoms with van der Waals surface area (Å²) in [6.07, 6.45) is 87.2. The lowest BCUT2D eigenvalue weighted by Crippen LogP contribution is -2.18. The molecule has 0 aromatic rings. The van der Waals surface area contributed by atoms with Crippen LogP contribution in [-0.2, 0) is 0 Å². The molecular formula is C148H272. The van der Waals surface area contributed by atoms with Gasteiger partial charge in [0.15, 0.2) is 0 Å². The third kappa shape index (κ3) is 39.4. The summed E-state index contributed by atoms with van der Waals surface area (Å²) in [5.74, 6) is 54.7. The summed E-state index contributed by atoms with van der Waals surface area (Å²) in [5.41, 5.74) is 3.31. The molecule has 0 saturated heterocycles. The molecule has 0 amide bonds. The summed E-state index contributed by atoms with van der Waals surface area (Å²) in [5, 5.41) is 0. The Morgan fingerprint density at radius 1 is 0.203 bits per heavy atom. The predicted octanol–water partition coefficient (Wildman–Crippen LogP) is 46.9. The van der Waals surface area contributed by atoms with E-state index in [4.69, 9.17) is 0 Å². The van der Waals surface area contributed by atoms with Gasteiger partial charge in [-0.2, -0.15) is 0 Å². The van der Waals surface area contributed by atoms with E-state index in [0.29, 0.717) is 16.2 Å². The first-order valence-electron chi connectivity index (χ1n) is 70.0. The Labute approximate surface area is 931 Å². The van der Waals surface area contributed by atoms with Crippen molar-refractivity contribution in [3.63, 3.8) is 0 Å². The summed E-state index contributed by atoms with van der Waals surface area (Å²) >= 11 is 0. The monoisotopic (exact) mass is 2050 g/mol. The molecule has 0 N–H and O–H groups in total. The third-order valence-electron chi connectivity index (χ3n) is 51.5. The fourth-order valence-corrected chi connectivity index (χ4v) is 36.5. The molecule has 30 rings (SSSR count). The number of fused-ring (bicyclic) bond motifs is 4. The molecule has 0 aromatic heterocycles. The summed E-state index contributed by atoms with van der Waals surface area (Å²) in [4.78, 5) is 0. The van der Waals surface area contributed by atoms with Gasteiger partial charge in [0, 0.05) is 0 Å². The average molecular weight is 2050 g/mol. The Bertz CT molecular complexity index is 3430. The molecule has 0 nitrogen and oxygen atoms in total. The van der Waals surface area contributed by atoms with Gasteiger partial charge < -0.3 is 0 Å². The maximum Gasteiger partial charge on any atom is -0.0294 e. The summed E-state index contributed by atoms with van der Waals surface area (Å²) < 4.78 is 0. The molecule has 0 heteroatoms. The summed E-state index contributed by atoms with van der Waals surface area (Å²) in [6.45, 7) is 85.3. The topological polar surface area (TPSA) is 0 Å². The molecule has 30 fully saturated rings.